The predicted molar refractivity (Wildman–Crippen MR) is 83.6 cm³/mol. The number of anilines is 1. The Bertz CT molecular complexity index is 623. The SMILES string of the molecule is Cc1cccc(-c2nnnn2C2CC(C)CC(C)C2)c1N. The lowest BCUT2D eigenvalue weighted by molar-refractivity contribution is 0.209. The molecule has 1 fully saturated rings. The van der Waals surface area contributed by atoms with Gasteiger partial charge in [0, 0.05) is 11.3 Å². The van der Waals surface area contributed by atoms with Crippen LogP contribution in [0.3, 0.4) is 0 Å². The molecule has 2 atom stereocenters. The number of para-hydroxylation sites is 1. The number of nitrogen functional groups attached to an aromatic ring is 1. The van der Waals surface area contributed by atoms with Gasteiger partial charge in [-0.3, -0.25) is 0 Å². The Morgan fingerprint density at radius 3 is 2.57 bits per heavy atom. The molecule has 0 radical (unpaired) electrons. The Hall–Kier alpha value is -1.91. The van der Waals surface area contributed by atoms with E-state index < -0.39 is 0 Å². The quantitative estimate of drug-likeness (QED) is 0.860. The van der Waals surface area contributed by atoms with Crippen molar-refractivity contribution in [3.8, 4) is 11.4 Å². The van der Waals surface area contributed by atoms with E-state index in [1.165, 1.54) is 6.42 Å². The Morgan fingerprint density at radius 1 is 1.14 bits per heavy atom. The van der Waals surface area contributed by atoms with E-state index in [9.17, 15) is 0 Å². The average molecular weight is 285 g/mol. The molecule has 3 rings (SSSR count). The number of hydrogen-bond donors (Lipinski definition) is 1. The van der Waals surface area contributed by atoms with Gasteiger partial charge in [-0.15, -0.1) is 5.10 Å². The van der Waals surface area contributed by atoms with Crippen molar-refractivity contribution in [2.45, 2.75) is 46.1 Å². The Kier molecular flexibility index (Phi) is 3.66. The van der Waals surface area contributed by atoms with Crippen LogP contribution in [0.4, 0.5) is 5.69 Å². The second-order valence-electron chi connectivity index (χ2n) is 6.55. The highest BCUT2D eigenvalue weighted by Crippen LogP contribution is 2.37. The summed E-state index contributed by atoms with van der Waals surface area (Å²) in [7, 11) is 0. The molecule has 0 saturated heterocycles. The summed E-state index contributed by atoms with van der Waals surface area (Å²) in [4.78, 5) is 0. The Labute approximate surface area is 125 Å². The van der Waals surface area contributed by atoms with Gasteiger partial charge in [0.2, 0.25) is 0 Å². The third kappa shape index (κ3) is 2.64. The minimum atomic E-state index is 0.369. The zero-order valence-corrected chi connectivity index (χ0v) is 13.0. The van der Waals surface area contributed by atoms with E-state index in [2.05, 4.69) is 29.4 Å². The van der Waals surface area contributed by atoms with Crippen LogP contribution in [0.25, 0.3) is 11.4 Å². The van der Waals surface area contributed by atoms with Crippen molar-refractivity contribution in [2.24, 2.45) is 11.8 Å². The lowest BCUT2D eigenvalue weighted by Gasteiger charge is -2.31. The number of rotatable bonds is 2. The summed E-state index contributed by atoms with van der Waals surface area (Å²) >= 11 is 0. The number of nitrogens with two attached hydrogens (primary N) is 1. The van der Waals surface area contributed by atoms with Crippen LogP contribution in [-0.4, -0.2) is 20.2 Å². The Balaban J connectivity index is 1.99. The van der Waals surface area contributed by atoms with E-state index in [0.29, 0.717) is 17.9 Å². The lowest BCUT2D eigenvalue weighted by Crippen LogP contribution is -2.24. The van der Waals surface area contributed by atoms with Crippen LogP contribution in [0.1, 0.15) is 44.7 Å². The lowest BCUT2D eigenvalue weighted by atomic mass is 9.80. The number of nitrogens with zero attached hydrogens (tertiary/aromatic N) is 4. The van der Waals surface area contributed by atoms with Crippen molar-refractivity contribution in [1.82, 2.24) is 20.2 Å². The van der Waals surface area contributed by atoms with Gasteiger partial charge >= 0.3 is 0 Å². The summed E-state index contributed by atoms with van der Waals surface area (Å²) in [6.07, 6.45) is 3.56. The molecule has 1 aliphatic carbocycles. The molecule has 0 amide bonds. The van der Waals surface area contributed by atoms with E-state index in [-0.39, 0.29) is 0 Å². The molecule has 0 spiro atoms. The van der Waals surface area contributed by atoms with Gasteiger partial charge in [-0.2, -0.15) is 0 Å². The first-order valence-electron chi connectivity index (χ1n) is 7.69. The highest BCUT2D eigenvalue weighted by molar-refractivity contribution is 5.74. The van der Waals surface area contributed by atoms with Gasteiger partial charge in [0.25, 0.3) is 0 Å². The normalized spacial score (nSPS) is 26.0. The largest absolute Gasteiger partial charge is 0.398 e. The molecule has 5 heteroatoms. The maximum Gasteiger partial charge on any atom is 0.184 e. The molecule has 1 saturated carbocycles. The molecular weight excluding hydrogens is 262 g/mol. The molecule has 0 bridgehead atoms. The van der Waals surface area contributed by atoms with Crippen molar-refractivity contribution in [3.05, 3.63) is 23.8 Å². The van der Waals surface area contributed by atoms with Crippen molar-refractivity contribution in [3.63, 3.8) is 0 Å². The summed E-state index contributed by atoms with van der Waals surface area (Å²) in [5.41, 5.74) is 8.99. The monoisotopic (exact) mass is 285 g/mol. The Morgan fingerprint density at radius 2 is 1.86 bits per heavy atom. The van der Waals surface area contributed by atoms with Gasteiger partial charge < -0.3 is 5.73 Å². The smallest absolute Gasteiger partial charge is 0.184 e. The van der Waals surface area contributed by atoms with Crippen LogP contribution in [0.2, 0.25) is 0 Å². The molecule has 112 valence electrons. The second kappa shape index (κ2) is 5.47. The fraction of sp³-hybridized carbons (Fsp3) is 0.562. The van der Waals surface area contributed by atoms with Crippen molar-refractivity contribution < 1.29 is 0 Å². The van der Waals surface area contributed by atoms with Crippen LogP contribution in [-0.2, 0) is 0 Å². The molecule has 2 aromatic rings. The van der Waals surface area contributed by atoms with Crippen LogP contribution in [0.5, 0.6) is 0 Å². The zero-order chi connectivity index (χ0) is 15.0. The molecule has 1 aromatic carbocycles. The number of tetrazole rings is 1. The molecule has 1 aromatic heterocycles. The third-order valence-electron chi connectivity index (χ3n) is 4.56. The minimum Gasteiger partial charge on any atom is -0.398 e. The van der Waals surface area contributed by atoms with Crippen molar-refractivity contribution >= 4 is 5.69 Å². The number of aryl methyl sites for hydroxylation is 1. The molecule has 0 aliphatic heterocycles. The molecule has 1 aliphatic rings. The minimum absolute atomic E-state index is 0.369. The topological polar surface area (TPSA) is 69.6 Å². The fourth-order valence-corrected chi connectivity index (χ4v) is 3.60. The molecule has 2 N–H and O–H groups in total. The van der Waals surface area contributed by atoms with E-state index in [4.69, 9.17) is 5.73 Å². The maximum absolute atomic E-state index is 6.22. The summed E-state index contributed by atoms with van der Waals surface area (Å²) in [6, 6.07) is 6.39. The third-order valence-corrected chi connectivity index (χ3v) is 4.56. The molecule has 21 heavy (non-hydrogen) atoms. The summed E-state index contributed by atoms with van der Waals surface area (Å²) in [5, 5.41) is 12.4. The predicted octanol–water partition coefficient (Wildman–Crippen LogP) is 3.23. The standard InChI is InChI=1S/C16H23N5/c1-10-7-11(2)9-13(8-10)21-16(18-19-20-21)14-6-4-5-12(3)15(14)17/h4-6,10-11,13H,7-9,17H2,1-3H3. The molecule has 1 heterocycles. The zero-order valence-electron chi connectivity index (χ0n) is 13.0. The highest BCUT2D eigenvalue weighted by Gasteiger charge is 2.28. The van der Waals surface area contributed by atoms with E-state index in [0.717, 1.165) is 35.5 Å². The highest BCUT2D eigenvalue weighted by atomic mass is 15.5. The van der Waals surface area contributed by atoms with Crippen LogP contribution >= 0.6 is 0 Å². The number of aromatic nitrogens is 4. The summed E-state index contributed by atoms with van der Waals surface area (Å²) in [5.74, 6) is 2.22. The summed E-state index contributed by atoms with van der Waals surface area (Å²) in [6.45, 7) is 6.64. The number of hydrogen-bond acceptors (Lipinski definition) is 4. The first-order chi connectivity index (χ1) is 10.1. The van der Waals surface area contributed by atoms with Crippen molar-refractivity contribution in [1.29, 1.82) is 0 Å². The van der Waals surface area contributed by atoms with Crippen LogP contribution in [0, 0.1) is 18.8 Å². The fourth-order valence-electron chi connectivity index (χ4n) is 3.60. The van der Waals surface area contributed by atoms with Crippen molar-refractivity contribution in [2.75, 3.05) is 5.73 Å². The van der Waals surface area contributed by atoms with Gasteiger partial charge in [-0.05, 0) is 60.1 Å². The molecule has 2 unspecified atom stereocenters. The van der Waals surface area contributed by atoms with Gasteiger partial charge in [0.05, 0.1) is 6.04 Å². The molecule has 5 nitrogen and oxygen atoms in total. The molecular formula is C16H23N5. The first-order valence-corrected chi connectivity index (χ1v) is 7.69. The van der Waals surface area contributed by atoms with Gasteiger partial charge in [0.15, 0.2) is 5.82 Å². The van der Waals surface area contributed by atoms with E-state index in [1.54, 1.807) is 0 Å². The van der Waals surface area contributed by atoms with Crippen LogP contribution < -0.4 is 5.73 Å². The van der Waals surface area contributed by atoms with E-state index >= 15 is 0 Å². The summed E-state index contributed by atoms with van der Waals surface area (Å²) < 4.78 is 1.98. The average Bonchev–Trinajstić information content (AvgIpc) is 2.90. The van der Waals surface area contributed by atoms with E-state index in [1.807, 2.05) is 29.8 Å². The number of benzene rings is 1. The first kappa shape index (κ1) is 14.0. The van der Waals surface area contributed by atoms with Crippen LogP contribution in [0.15, 0.2) is 18.2 Å². The maximum atomic E-state index is 6.22. The van der Waals surface area contributed by atoms with Gasteiger partial charge in [-0.25, -0.2) is 4.68 Å². The second-order valence-corrected chi connectivity index (χ2v) is 6.55. The van der Waals surface area contributed by atoms with Gasteiger partial charge in [0.1, 0.15) is 0 Å². The van der Waals surface area contributed by atoms with Gasteiger partial charge in [-0.1, -0.05) is 26.0 Å².